The molecule has 0 atom stereocenters. The molecule has 0 aromatic heterocycles. The molecule has 2 rings (SSSR count). The van der Waals surface area contributed by atoms with Crippen molar-refractivity contribution in [3.05, 3.63) is 33.8 Å². The highest BCUT2D eigenvalue weighted by Crippen LogP contribution is 2.20. The summed E-state index contributed by atoms with van der Waals surface area (Å²) in [4.78, 5) is 11.9. The normalized spacial score (nSPS) is 18.1. The van der Waals surface area contributed by atoms with Crippen LogP contribution in [0.2, 0.25) is 10.0 Å². The summed E-state index contributed by atoms with van der Waals surface area (Å²) >= 11 is 11.7. The molecule has 1 saturated heterocycles. The summed E-state index contributed by atoms with van der Waals surface area (Å²) in [5, 5.41) is 3.37. The summed E-state index contributed by atoms with van der Waals surface area (Å²) in [7, 11) is -3.12. The zero-order valence-corrected chi connectivity index (χ0v) is 12.9. The second-order valence-corrected chi connectivity index (χ2v) is 7.38. The molecule has 20 heavy (non-hydrogen) atoms. The second kappa shape index (κ2) is 6.30. The largest absolute Gasteiger partial charge is 0.351 e. The van der Waals surface area contributed by atoms with Crippen molar-refractivity contribution >= 4 is 39.1 Å². The van der Waals surface area contributed by atoms with E-state index in [1.165, 1.54) is 16.4 Å². The molecule has 110 valence electrons. The number of halogens is 2. The van der Waals surface area contributed by atoms with Crippen LogP contribution in [0, 0.1) is 0 Å². The Hall–Kier alpha value is -0.820. The average molecular weight is 337 g/mol. The maximum atomic E-state index is 11.9. The predicted octanol–water partition coefficient (Wildman–Crippen LogP) is 1.76. The lowest BCUT2D eigenvalue weighted by molar-refractivity contribution is 0.0952. The molecule has 1 fully saturated rings. The van der Waals surface area contributed by atoms with Crippen molar-refractivity contribution in [1.82, 2.24) is 9.62 Å². The van der Waals surface area contributed by atoms with E-state index in [-0.39, 0.29) is 29.8 Å². The first-order valence-electron chi connectivity index (χ1n) is 6.11. The van der Waals surface area contributed by atoms with E-state index in [2.05, 4.69) is 5.32 Å². The molecule has 0 radical (unpaired) electrons. The first-order chi connectivity index (χ1) is 9.40. The molecule has 0 unspecified atom stereocenters. The Balaban J connectivity index is 1.90. The van der Waals surface area contributed by atoms with E-state index in [0.29, 0.717) is 23.6 Å². The van der Waals surface area contributed by atoms with Gasteiger partial charge >= 0.3 is 0 Å². The Labute approximate surface area is 127 Å². The molecular weight excluding hydrogens is 323 g/mol. The van der Waals surface area contributed by atoms with Crippen LogP contribution < -0.4 is 5.32 Å². The van der Waals surface area contributed by atoms with Gasteiger partial charge < -0.3 is 5.32 Å². The number of nitrogens with zero attached hydrogens (tertiary/aromatic N) is 1. The van der Waals surface area contributed by atoms with Crippen LogP contribution in [0.25, 0.3) is 0 Å². The number of benzene rings is 1. The quantitative estimate of drug-likeness (QED) is 0.910. The Kier molecular flexibility index (Phi) is 4.90. The number of carbonyl (C=O) groups is 1. The topological polar surface area (TPSA) is 66.5 Å². The van der Waals surface area contributed by atoms with Gasteiger partial charge in [0.15, 0.2) is 0 Å². The van der Waals surface area contributed by atoms with E-state index in [9.17, 15) is 13.2 Å². The molecule has 0 spiro atoms. The van der Waals surface area contributed by atoms with Crippen molar-refractivity contribution in [3.63, 3.8) is 0 Å². The van der Waals surface area contributed by atoms with E-state index in [1.807, 2.05) is 0 Å². The molecule has 1 aromatic carbocycles. The SMILES string of the molecule is O=C(NCCN1CCCS1(=O)=O)c1ccc(Cl)cc1Cl. The van der Waals surface area contributed by atoms with Crippen LogP contribution in [-0.2, 0) is 10.0 Å². The van der Waals surface area contributed by atoms with Gasteiger partial charge in [0.05, 0.1) is 16.3 Å². The molecule has 1 N–H and O–H groups in total. The van der Waals surface area contributed by atoms with Gasteiger partial charge in [-0.3, -0.25) is 4.79 Å². The van der Waals surface area contributed by atoms with Gasteiger partial charge in [0.2, 0.25) is 10.0 Å². The first kappa shape index (κ1) is 15.6. The van der Waals surface area contributed by atoms with Gasteiger partial charge in [-0.2, -0.15) is 0 Å². The minimum absolute atomic E-state index is 0.184. The Morgan fingerprint density at radius 2 is 2.10 bits per heavy atom. The third-order valence-corrected chi connectivity index (χ3v) is 5.53. The minimum Gasteiger partial charge on any atom is -0.351 e. The molecule has 0 saturated carbocycles. The second-order valence-electron chi connectivity index (χ2n) is 4.45. The number of nitrogens with one attached hydrogen (secondary N) is 1. The predicted molar refractivity (Wildman–Crippen MR) is 78.8 cm³/mol. The summed E-state index contributed by atoms with van der Waals surface area (Å²) in [6.45, 7) is 1.04. The monoisotopic (exact) mass is 336 g/mol. The van der Waals surface area contributed by atoms with E-state index >= 15 is 0 Å². The van der Waals surface area contributed by atoms with Gasteiger partial charge in [-0.05, 0) is 24.6 Å². The van der Waals surface area contributed by atoms with Crippen molar-refractivity contribution in [2.45, 2.75) is 6.42 Å². The van der Waals surface area contributed by atoms with Crippen LogP contribution in [0.1, 0.15) is 16.8 Å². The van der Waals surface area contributed by atoms with E-state index in [0.717, 1.165) is 0 Å². The molecule has 5 nitrogen and oxygen atoms in total. The van der Waals surface area contributed by atoms with Crippen molar-refractivity contribution in [3.8, 4) is 0 Å². The average Bonchev–Trinajstić information content (AvgIpc) is 2.68. The molecule has 8 heteroatoms. The fourth-order valence-electron chi connectivity index (χ4n) is 2.01. The summed E-state index contributed by atoms with van der Waals surface area (Å²) in [6, 6.07) is 4.60. The van der Waals surface area contributed by atoms with Gasteiger partial charge in [0.25, 0.3) is 5.91 Å². The molecule has 1 amide bonds. The minimum atomic E-state index is -3.12. The van der Waals surface area contributed by atoms with Gasteiger partial charge in [0.1, 0.15) is 0 Å². The number of carbonyl (C=O) groups excluding carboxylic acids is 1. The van der Waals surface area contributed by atoms with Crippen molar-refractivity contribution in [2.24, 2.45) is 0 Å². The maximum absolute atomic E-state index is 11.9. The zero-order chi connectivity index (χ0) is 14.8. The van der Waals surface area contributed by atoms with Gasteiger partial charge in [-0.15, -0.1) is 0 Å². The maximum Gasteiger partial charge on any atom is 0.252 e. The van der Waals surface area contributed by atoms with Crippen molar-refractivity contribution < 1.29 is 13.2 Å². The Morgan fingerprint density at radius 3 is 2.70 bits per heavy atom. The summed E-state index contributed by atoms with van der Waals surface area (Å²) < 4.78 is 24.5. The van der Waals surface area contributed by atoms with Gasteiger partial charge in [-0.1, -0.05) is 23.2 Å². The third kappa shape index (κ3) is 3.63. The number of hydrogen-bond acceptors (Lipinski definition) is 3. The van der Waals surface area contributed by atoms with Crippen LogP contribution in [0.3, 0.4) is 0 Å². The van der Waals surface area contributed by atoms with Gasteiger partial charge in [-0.25, -0.2) is 12.7 Å². The van der Waals surface area contributed by atoms with Crippen LogP contribution >= 0.6 is 23.2 Å². The zero-order valence-electron chi connectivity index (χ0n) is 10.6. The van der Waals surface area contributed by atoms with Crippen LogP contribution in [0.4, 0.5) is 0 Å². The molecule has 1 aliphatic heterocycles. The number of hydrogen-bond donors (Lipinski definition) is 1. The standard InChI is InChI=1S/C12H14Cl2N2O3S/c13-9-2-3-10(11(14)8-9)12(17)15-4-6-16-5-1-7-20(16,18)19/h2-3,8H,1,4-7H2,(H,15,17). The number of sulfonamides is 1. The molecule has 1 aromatic rings. The lowest BCUT2D eigenvalue weighted by atomic mass is 10.2. The van der Waals surface area contributed by atoms with Crippen LogP contribution in [-0.4, -0.2) is 44.0 Å². The first-order valence-corrected chi connectivity index (χ1v) is 8.48. The number of amides is 1. The van der Waals surface area contributed by atoms with E-state index in [1.54, 1.807) is 6.07 Å². The highest BCUT2D eigenvalue weighted by atomic mass is 35.5. The Bertz CT molecular complexity index is 619. The lowest BCUT2D eigenvalue weighted by Crippen LogP contribution is -2.35. The smallest absolute Gasteiger partial charge is 0.252 e. The molecule has 0 aliphatic carbocycles. The molecule has 1 aliphatic rings. The van der Waals surface area contributed by atoms with E-state index < -0.39 is 10.0 Å². The highest BCUT2D eigenvalue weighted by molar-refractivity contribution is 7.89. The van der Waals surface area contributed by atoms with Crippen LogP contribution in [0.5, 0.6) is 0 Å². The fraction of sp³-hybridized carbons (Fsp3) is 0.417. The third-order valence-electron chi connectivity index (χ3n) is 3.03. The molecule has 0 bridgehead atoms. The summed E-state index contributed by atoms with van der Waals surface area (Å²) in [5.41, 5.74) is 0.320. The van der Waals surface area contributed by atoms with E-state index in [4.69, 9.17) is 23.2 Å². The van der Waals surface area contributed by atoms with Crippen molar-refractivity contribution in [2.75, 3.05) is 25.4 Å². The molecular formula is C12H14Cl2N2O3S. The molecule has 1 heterocycles. The summed E-state index contributed by atoms with van der Waals surface area (Å²) in [6.07, 6.45) is 0.638. The van der Waals surface area contributed by atoms with Crippen LogP contribution in [0.15, 0.2) is 18.2 Å². The van der Waals surface area contributed by atoms with Crippen molar-refractivity contribution in [1.29, 1.82) is 0 Å². The summed E-state index contributed by atoms with van der Waals surface area (Å²) in [5.74, 6) is -0.160. The number of rotatable bonds is 4. The Morgan fingerprint density at radius 1 is 1.35 bits per heavy atom. The van der Waals surface area contributed by atoms with Gasteiger partial charge in [0, 0.05) is 24.7 Å². The fourth-order valence-corrected chi connectivity index (χ4v) is 4.03. The lowest BCUT2D eigenvalue weighted by Gasteiger charge is -2.14. The highest BCUT2D eigenvalue weighted by Gasteiger charge is 2.27.